The van der Waals surface area contributed by atoms with Crippen molar-refractivity contribution in [2.24, 2.45) is 0 Å². The van der Waals surface area contributed by atoms with Crippen LogP contribution in [0.1, 0.15) is 21.5 Å². The molecule has 4 rings (SSSR count). The average molecular weight is 459 g/mol. The Hall–Kier alpha value is -2.90. The van der Waals surface area contributed by atoms with Crippen molar-refractivity contribution in [1.82, 2.24) is 5.32 Å². The van der Waals surface area contributed by atoms with Crippen molar-refractivity contribution in [3.63, 3.8) is 0 Å². The van der Waals surface area contributed by atoms with E-state index >= 15 is 0 Å². The number of carbonyl (C=O) groups is 1. The number of fused-ring (bicyclic) bond motifs is 1. The van der Waals surface area contributed by atoms with Gasteiger partial charge in [-0.15, -0.1) is 0 Å². The van der Waals surface area contributed by atoms with Gasteiger partial charge in [0.15, 0.2) is 0 Å². The van der Waals surface area contributed by atoms with E-state index in [9.17, 15) is 17.6 Å². The maximum absolute atomic E-state index is 14.3. The number of sulfonamides is 1. The van der Waals surface area contributed by atoms with Gasteiger partial charge in [-0.3, -0.25) is 9.10 Å². The van der Waals surface area contributed by atoms with Crippen LogP contribution in [0.15, 0.2) is 71.6 Å². The molecule has 5 nitrogen and oxygen atoms in total. The van der Waals surface area contributed by atoms with Gasteiger partial charge in [0.05, 0.1) is 16.1 Å². The van der Waals surface area contributed by atoms with Gasteiger partial charge in [-0.25, -0.2) is 12.8 Å². The molecule has 160 valence electrons. The molecular weight excluding hydrogens is 439 g/mol. The number of halogens is 2. The Kier molecular flexibility index (Phi) is 5.98. The first-order valence-corrected chi connectivity index (χ1v) is 11.6. The number of hydrogen-bond acceptors (Lipinski definition) is 3. The molecule has 1 aliphatic rings. The van der Waals surface area contributed by atoms with Gasteiger partial charge < -0.3 is 5.32 Å². The zero-order valence-corrected chi connectivity index (χ0v) is 18.1. The molecule has 0 unspecified atom stereocenters. The van der Waals surface area contributed by atoms with Crippen molar-refractivity contribution in [2.75, 3.05) is 17.4 Å². The molecule has 0 spiro atoms. The molecule has 3 aromatic carbocycles. The van der Waals surface area contributed by atoms with E-state index in [-0.39, 0.29) is 17.0 Å². The Balaban J connectivity index is 1.53. The molecule has 0 bridgehead atoms. The second-order valence-corrected chi connectivity index (χ2v) is 9.46. The second kappa shape index (κ2) is 8.69. The van der Waals surface area contributed by atoms with E-state index in [1.165, 1.54) is 10.4 Å². The lowest BCUT2D eigenvalue weighted by Crippen LogP contribution is -2.30. The number of amides is 1. The van der Waals surface area contributed by atoms with Crippen molar-refractivity contribution in [3.8, 4) is 0 Å². The molecule has 1 aliphatic heterocycles. The van der Waals surface area contributed by atoms with Crippen molar-refractivity contribution in [3.05, 3.63) is 94.3 Å². The molecule has 1 heterocycles. The third-order valence-corrected chi connectivity index (χ3v) is 7.43. The molecule has 3 aromatic rings. The maximum Gasteiger partial charge on any atom is 0.264 e. The lowest BCUT2D eigenvalue weighted by atomic mass is 10.1. The summed E-state index contributed by atoms with van der Waals surface area (Å²) in [7, 11) is -3.92. The molecule has 31 heavy (non-hydrogen) atoms. The average Bonchev–Trinajstić information content (AvgIpc) is 3.20. The fourth-order valence-electron chi connectivity index (χ4n) is 3.63. The first-order chi connectivity index (χ1) is 14.9. The Morgan fingerprint density at radius 2 is 1.81 bits per heavy atom. The summed E-state index contributed by atoms with van der Waals surface area (Å²) < 4.78 is 42.0. The Labute approximate surface area is 185 Å². The number of anilines is 1. The Bertz CT molecular complexity index is 1250. The summed E-state index contributed by atoms with van der Waals surface area (Å²) >= 11 is 6.11. The summed E-state index contributed by atoms with van der Waals surface area (Å²) in [5, 5.41) is 3.22. The third kappa shape index (κ3) is 4.29. The molecule has 0 saturated heterocycles. The molecule has 0 fully saturated rings. The van der Waals surface area contributed by atoms with Gasteiger partial charge in [0.2, 0.25) is 0 Å². The zero-order valence-electron chi connectivity index (χ0n) is 16.5. The summed E-state index contributed by atoms with van der Waals surface area (Å²) in [5.41, 5.74) is 2.09. The van der Waals surface area contributed by atoms with Gasteiger partial charge in [0.1, 0.15) is 5.82 Å². The highest BCUT2D eigenvalue weighted by Crippen LogP contribution is 2.33. The van der Waals surface area contributed by atoms with Crippen molar-refractivity contribution in [1.29, 1.82) is 0 Å². The highest BCUT2D eigenvalue weighted by molar-refractivity contribution is 7.92. The summed E-state index contributed by atoms with van der Waals surface area (Å²) in [4.78, 5) is 12.4. The van der Waals surface area contributed by atoms with Gasteiger partial charge in [0, 0.05) is 18.1 Å². The maximum atomic E-state index is 14.3. The number of benzene rings is 3. The predicted octanol–water partition coefficient (Wildman–Crippen LogP) is 4.20. The number of para-hydroxylation sites is 1. The lowest BCUT2D eigenvalue weighted by Gasteiger charge is -2.20. The number of hydrogen-bond donors (Lipinski definition) is 1. The largest absolute Gasteiger partial charge is 0.352 e. The van der Waals surface area contributed by atoms with Crippen LogP contribution in [-0.2, 0) is 22.9 Å². The lowest BCUT2D eigenvalue weighted by molar-refractivity contribution is 0.0950. The van der Waals surface area contributed by atoms with Crippen LogP contribution < -0.4 is 9.62 Å². The molecule has 0 radical (unpaired) electrons. The fraction of sp³-hybridized carbons (Fsp3) is 0.174. The van der Waals surface area contributed by atoms with Crippen LogP contribution >= 0.6 is 11.6 Å². The van der Waals surface area contributed by atoms with Crippen molar-refractivity contribution >= 4 is 33.2 Å². The van der Waals surface area contributed by atoms with E-state index < -0.39 is 21.7 Å². The molecule has 1 amide bonds. The van der Waals surface area contributed by atoms with Crippen LogP contribution in [-0.4, -0.2) is 27.4 Å². The SMILES string of the molecule is O=C(NCCc1ccccc1Cl)c1cc(S(=O)(=O)N2CCc3ccccc32)ccc1F. The van der Waals surface area contributed by atoms with Gasteiger partial charge >= 0.3 is 0 Å². The highest BCUT2D eigenvalue weighted by atomic mass is 35.5. The normalized spacial score (nSPS) is 13.2. The summed E-state index contributed by atoms with van der Waals surface area (Å²) in [6, 6.07) is 17.8. The summed E-state index contributed by atoms with van der Waals surface area (Å²) in [6.07, 6.45) is 1.07. The van der Waals surface area contributed by atoms with Crippen molar-refractivity contribution in [2.45, 2.75) is 17.7 Å². The van der Waals surface area contributed by atoms with Gasteiger partial charge in [-0.1, -0.05) is 48.0 Å². The molecule has 0 saturated carbocycles. The minimum atomic E-state index is -3.92. The van der Waals surface area contributed by atoms with E-state index in [0.29, 0.717) is 30.1 Å². The van der Waals surface area contributed by atoms with E-state index in [1.54, 1.807) is 18.2 Å². The quantitative estimate of drug-likeness (QED) is 0.602. The van der Waals surface area contributed by atoms with Gasteiger partial charge in [-0.05, 0) is 54.3 Å². The molecule has 8 heteroatoms. The summed E-state index contributed by atoms with van der Waals surface area (Å²) in [6.45, 7) is 0.539. The fourth-order valence-corrected chi connectivity index (χ4v) is 5.39. The van der Waals surface area contributed by atoms with Crippen LogP contribution in [0.3, 0.4) is 0 Å². The standard InChI is InChI=1S/C23H20ClFN2O3S/c24-20-7-3-1-5-16(20)11-13-26-23(28)19-15-18(9-10-21(19)25)31(29,30)27-14-12-17-6-2-4-8-22(17)27/h1-10,15H,11-14H2,(H,26,28). The minimum absolute atomic E-state index is 0.123. The molecule has 1 N–H and O–H groups in total. The number of rotatable bonds is 6. The van der Waals surface area contributed by atoms with Crippen LogP contribution in [0, 0.1) is 5.82 Å². The summed E-state index contributed by atoms with van der Waals surface area (Å²) in [5.74, 6) is -1.46. The highest BCUT2D eigenvalue weighted by Gasteiger charge is 2.31. The first kappa shape index (κ1) is 21.3. The van der Waals surface area contributed by atoms with Crippen LogP contribution in [0.2, 0.25) is 5.02 Å². The molecule has 0 aliphatic carbocycles. The monoisotopic (exact) mass is 458 g/mol. The van der Waals surface area contributed by atoms with E-state index in [1.807, 2.05) is 30.3 Å². The second-order valence-electron chi connectivity index (χ2n) is 7.19. The van der Waals surface area contributed by atoms with Crippen LogP contribution in [0.5, 0.6) is 0 Å². The number of nitrogens with zero attached hydrogens (tertiary/aromatic N) is 1. The topological polar surface area (TPSA) is 66.5 Å². The minimum Gasteiger partial charge on any atom is -0.352 e. The third-order valence-electron chi connectivity index (χ3n) is 5.25. The van der Waals surface area contributed by atoms with Crippen LogP contribution in [0.25, 0.3) is 0 Å². The smallest absolute Gasteiger partial charge is 0.264 e. The van der Waals surface area contributed by atoms with Gasteiger partial charge in [0.25, 0.3) is 15.9 Å². The first-order valence-electron chi connectivity index (χ1n) is 9.80. The van der Waals surface area contributed by atoms with Gasteiger partial charge in [-0.2, -0.15) is 0 Å². The van der Waals surface area contributed by atoms with E-state index in [0.717, 1.165) is 23.3 Å². The predicted molar refractivity (Wildman–Crippen MR) is 119 cm³/mol. The van der Waals surface area contributed by atoms with Crippen LogP contribution in [0.4, 0.5) is 10.1 Å². The van der Waals surface area contributed by atoms with Crippen molar-refractivity contribution < 1.29 is 17.6 Å². The number of carbonyl (C=O) groups excluding carboxylic acids is 1. The molecular formula is C23H20ClFN2O3S. The molecule has 0 atom stereocenters. The number of nitrogens with one attached hydrogen (secondary N) is 1. The van der Waals surface area contributed by atoms with E-state index in [4.69, 9.17) is 11.6 Å². The Morgan fingerprint density at radius 1 is 1.06 bits per heavy atom. The molecule has 0 aromatic heterocycles. The van der Waals surface area contributed by atoms with E-state index in [2.05, 4.69) is 5.32 Å². The Morgan fingerprint density at radius 3 is 2.61 bits per heavy atom. The zero-order chi connectivity index (χ0) is 22.0.